The van der Waals surface area contributed by atoms with E-state index in [-0.39, 0.29) is 30.5 Å². The Hall–Kier alpha value is -1.85. The van der Waals surface area contributed by atoms with Crippen LogP contribution in [0.1, 0.15) is 49.3 Å². The van der Waals surface area contributed by atoms with Crippen molar-refractivity contribution >= 4 is 29.1 Å². The van der Waals surface area contributed by atoms with Crippen LogP contribution in [0.25, 0.3) is 0 Å². The van der Waals surface area contributed by atoms with Gasteiger partial charge in [0, 0.05) is 29.5 Å². The van der Waals surface area contributed by atoms with Gasteiger partial charge in [0.25, 0.3) is 5.91 Å². The SMILES string of the molecule is C=CC[C@@]1(OC)C[C@H](c2cccc(Cl)c2)[C@@H](c2ccc(Cl)cc2)N(C(CC)CO)C1=O. The first-order chi connectivity index (χ1) is 14.9. The van der Waals surface area contributed by atoms with Crippen molar-refractivity contribution < 1.29 is 14.6 Å². The lowest BCUT2D eigenvalue weighted by molar-refractivity contribution is -0.173. The number of aliphatic hydroxyl groups excluding tert-OH is 1. The summed E-state index contributed by atoms with van der Waals surface area (Å²) in [6.45, 7) is 5.69. The number of hydrogen-bond acceptors (Lipinski definition) is 3. The van der Waals surface area contributed by atoms with Gasteiger partial charge >= 0.3 is 0 Å². The summed E-state index contributed by atoms with van der Waals surface area (Å²) in [4.78, 5) is 15.7. The molecular formula is C25H29Cl2NO3. The van der Waals surface area contributed by atoms with E-state index >= 15 is 0 Å². The number of likely N-dealkylation sites (tertiary alicyclic amines) is 1. The third-order valence-electron chi connectivity index (χ3n) is 6.28. The van der Waals surface area contributed by atoms with Crippen LogP contribution in [0.3, 0.4) is 0 Å². The summed E-state index contributed by atoms with van der Waals surface area (Å²) in [5.74, 6) is -0.230. The number of piperidine rings is 1. The zero-order chi connectivity index (χ0) is 22.6. The molecule has 2 aromatic rings. The Kier molecular flexibility index (Phi) is 7.82. The van der Waals surface area contributed by atoms with Crippen molar-refractivity contribution in [2.24, 2.45) is 0 Å². The molecule has 1 saturated heterocycles. The summed E-state index contributed by atoms with van der Waals surface area (Å²) < 4.78 is 5.89. The van der Waals surface area contributed by atoms with Gasteiger partial charge in [-0.1, -0.05) is 60.5 Å². The molecule has 2 aromatic carbocycles. The van der Waals surface area contributed by atoms with E-state index in [1.54, 1.807) is 13.2 Å². The van der Waals surface area contributed by atoms with Crippen molar-refractivity contribution in [2.75, 3.05) is 13.7 Å². The molecular weight excluding hydrogens is 433 g/mol. The van der Waals surface area contributed by atoms with Crippen LogP contribution in [-0.2, 0) is 9.53 Å². The fourth-order valence-corrected chi connectivity index (χ4v) is 4.99. The maximum absolute atomic E-state index is 13.9. The van der Waals surface area contributed by atoms with Gasteiger partial charge in [0.05, 0.1) is 18.7 Å². The number of hydrogen-bond donors (Lipinski definition) is 1. The van der Waals surface area contributed by atoms with Crippen molar-refractivity contribution in [3.8, 4) is 0 Å². The third-order valence-corrected chi connectivity index (χ3v) is 6.77. The van der Waals surface area contributed by atoms with Gasteiger partial charge in [0.2, 0.25) is 0 Å². The normalized spacial score (nSPS) is 24.8. The largest absolute Gasteiger partial charge is 0.394 e. The number of carbonyl (C=O) groups is 1. The van der Waals surface area contributed by atoms with Crippen molar-refractivity contribution in [3.63, 3.8) is 0 Å². The van der Waals surface area contributed by atoms with E-state index in [1.165, 1.54) is 0 Å². The zero-order valence-electron chi connectivity index (χ0n) is 17.9. The number of benzene rings is 2. The molecule has 0 radical (unpaired) electrons. The molecule has 0 bridgehead atoms. The van der Waals surface area contributed by atoms with Gasteiger partial charge in [-0.25, -0.2) is 0 Å². The lowest BCUT2D eigenvalue weighted by atomic mass is 9.72. The smallest absolute Gasteiger partial charge is 0.256 e. The maximum atomic E-state index is 13.9. The molecule has 1 aliphatic rings. The molecule has 4 nitrogen and oxygen atoms in total. The lowest BCUT2D eigenvalue weighted by Gasteiger charge is -2.52. The zero-order valence-corrected chi connectivity index (χ0v) is 19.4. The van der Waals surface area contributed by atoms with Crippen molar-refractivity contribution in [1.29, 1.82) is 0 Å². The molecule has 1 aliphatic heterocycles. The van der Waals surface area contributed by atoms with E-state index in [4.69, 9.17) is 27.9 Å². The van der Waals surface area contributed by atoms with E-state index in [0.29, 0.717) is 29.3 Å². The van der Waals surface area contributed by atoms with Crippen LogP contribution >= 0.6 is 23.2 Å². The van der Waals surface area contributed by atoms with E-state index in [0.717, 1.165) is 11.1 Å². The first-order valence-corrected chi connectivity index (χ1v) is 11.3. The minimum Gasteiger partial charge on any atom is -0.394 e. The van der Waals surface area contributed by atoms with E-state index in [9.17, 15) is 9.90 Å². The van der Waals surface area contributed by atoms with Gasteiger partial charge in [-0.3, -0.25) is 4.79 Å². The Labute approximate surface area is 194 Å². The average molecular weight is 462 g/mol. The van der Waals surface area contributed by atoms with Gasteiger partial charge in [0.15, 0.2) is 5.60 Å². The summed E-state index contributed by atoms with van der Waals surface area (Å²) >= 11 is 12.5. The minimum atomic E-state index is -1.06. The average Bonchev–Trinajstić information content (AvgIpc) is 2.77. The molecule has 1 heterocycles. The summed E-state index contributed by atoms with van der Waals surface area (Å²) in [7, 11) is 1.57. The molecule has 31 heavy (non-hydrogen) atoms. The lowest BCUT2D eigenvalue weighted by Crippen LogP contribution is -2.61. The van der Waals surface area contributed by atoms with Gasteiger partial charge < -0.3 is 14.7 Å². The van der Waals surface area contributed by atoms with Gasteiger partial charge in [-0.15, -0.1) is 6.58 Å². The van der Waals surface area contributed by atoms with Gasteiger partial charge in [-0.2, -0.15) is 0 Å². The first kappa shape index (κ1) is 23.8. The van der Waals surface area contributed by atoms with Crippen LogP contribution in [0.2, 0.25) is 10.0 Å². The topological polar surface area (TPSA) is 49.8 Å². The van der Waals surface area contributed by atoms with Crippen molar-refractivity contribution in [2.45, 2.75) is 49.8 Å². The van der Waals surface area contributed by atoms with Crippen LogP contribution in [0.4, 0.5) is 0 Å². The molecule has 1 fully saturated rings. The molecule has 0 saturated carbocycles. The highest BCUT2D eigenvalue weighted by atomic mass is 35.5. The Morgan fingerprint density at radius 2 is 1.94 bits per heavy atom. The number of nitrogens with zero attached hydrogens (tertiary/aromatic N) is 1. The second kappa shape index (κ2) is 10.2. The fourth-order valence-electron chi connectivity index (χ4n) is 4.66. The molecule has 1 amide bonds. The van der Waals surface area contributed by atoms with Crippen LogP contribution in [0.15, 0.2) is 61.2 Å². The number of halogens is 2. The van der Waals surface area contributed by atoms with Crippen molar-refractivity contribution in [3.05, 3.63) is 82.4 Å². The first-order valence-electron chi connectivity index (χ1n) is 10.5. The maximum Gasteiger partial charge on any atom is 0.256 e. The Bertz CT molecular complexity index is 913. The Morgan fingerprint density at radius 1 is 1.23 bits per heavy atom. The third kappa shape index (κ3) is 4.68. The Balaban J connectivity index is 2.24. The van der Waals surface area contributed by atoms with Crippen LogP contribution in [0, 0.1) is 0 Å². The molecule has 3 rings (SSSR count). The molecule has 0 aromatic heterocycles. The summed E-state index contributed by atoms with van der Waals surface area (Å²) in [6, 6.07) is 14.6. The highest BCUT2D eigenvalue weighted by Gasteiger charge is 2.53. The predicted octanol–water partition coefficient (Wildman–Crippen LogP) is 5.78. The Morgan fingerprint density at radius 3 is 2.48 bits per heavy atom. The molecule has 1 N–H and O–H groups in total. The quantitative estimate of drug-likeness (QED) is 0.506. The standard InChI is InChI=1S/C25H29Cl2NO3/c1-4-13-25(31-3)15-22(18-7-6-8-20(27)14-18)23(17-9-11-19(26)12-10-17)28(24(25)30)21(5-2)16-29/h4,6-12,14,21-23,29H,1,5,13,15-16H2,2-3H3/t21?,22-,23-,25-/m1/s1. The molecule has 166 valence electrons. The highest BCUT2D eigenvalue weighted by Crippen LogP contribution is 2.50. The van der Waals surface area contributed by atoms with Crippen LogP contribution < -0.4 is 0 Å². The van der Waals surface area contributed by atoms with Gasteiger partial charge in [0.1, 0.15) is 0 Å². The highest BCUT2D eigenvalue weighted by molar-refractivity contribution is 6.30. The fraction of sp³-hybridized carbons (Fsp3) is 0.400. The molecule has 6 heteroatoms. The number of carbonyl (C=O) groups excluding carboxylic acids is 1. The number of methoxy groups -OCH3 is 1. The minimum absolute atomic E-state index is 0.0990. The molecule has 0 aliphatic carbocycles. The predicted molar refractivity (Wildman–Crippen MR) is 126 cm³/mol. The number of amides is 1. The summed E-state index contributed by atoms with van der Waals surface area (Å²) in [5.41, 5.74) is 0.918. The number of aliphatic hydroxyl groups is 1. The molecule has 1 unspecified atom stereocenters. The second-order valence-corrected chi connectivity index (χ2v) is 8.88. The molecule has 0 spiro atoms. The van der Waals surface area contributed by atoms with Crippen LogP contribution in [-0.4, -0.2) is 41.3 Å². The van der Waals surface area contributed by atoms with Crippen molar-refractivity contribution in [1.82, 2.24) is 4.90 Å². The number of rotatable bonds is 8. The monoisotopic (exact) mass is 461 g/mol. The van der Waals surface area contributed by atoms with Crippen LogP contribution in [0.5, 0.6) is 0 Å². The van der Waals surface area contributed by atoms with Gasteiger partial charge in [-0.05, 0) is 48.2 Å². The second-order valence-electron chi connectivity index (χ2n) is 8.01. The number of ether oxygens (including phenoxy) is 1. The summed E-state index contributed by atoms with van der Waals surface area (Å²) in [6.07, 6.45) is 3.19. The van der Waals surface area contributed by atoms with E-state index < -0.39 is 5.60 Å². The summed E-state index contributed by atoms with van der Waals surface area (Å²) in [5, 5.41) is 11.4. The molecule has 4 atom stereocenters. The van der Waals surface area contributed by atoms with E-state index in [2.05, 4.69) is 6.58 Å². The van der Waals surface area contributed by atoms with E-state index in [1.807, 2.05) is 60.4 Å².